The number of thiazole rings is 1. The minimum Gasteiger partial charge on any atom is -0.454 e. The van der Waals surface area contributed by atoms with Gasteiger partial charge in [0.15, 0.2) is 11.5 Å². The molecule has 2 aromatic heterocycles. The van der Waals surface area contributed by atoms with Gasteiger partial charge in [-0.2, -0.15) is 5.10 Å². The van der Waals surface area contributed by atoms with Crippen molar-refractivity contribution in [1.82, 2.24) is 20.1 Å². The lowest BCUT2D eigenvalue weighted by Crippen LogP contribution is -2.27. The summed E-state index contributed by atoms with van der Waals surface area (Å²) in [4.78, 5) is 30.3. The molecule has 0 fully saturated rings. The number of nitrogens with zero attached hydrogens (tertiary/aromatic N) is 3. The van der Waals surface area contributed by atoms with Crippen LogP contribution >= 0.6 is 11.3 Å². The molecule has 2 aromatic carbocycles. The first-order valence-corrected chi connectivity index (χ1v) is 11.0. The van der Waals surface area contributed by atoms with Gasteiger partial charge in [0.25, 0.3) is 5.91 Å². The summed E-state index contributed by atoms with van der Waals surface area (Å²) in [6, 6.07) is 14.8. The lowest BCUT2D eigenvalue weighted by molar-refractivity contribution is -0.122. The molecule has 0 bridgehead atoms. The van der Waals surface area contributed by atoms with E-state index in [0.717, 1.165) is 16.1 Å². The summed E-state index contributed by atoms with van der Waals surface area (Å²) in [5, 5.41) is 9.82. The molecule has 4 aromatic rings. The molecule has 5 rings (SSSR count). The van der Waals surface area contributed by atoms with Crippen LogP contribution in [0.1, 0.15) is 15.2 Å². The number of carbonyl (C=O) groups excluding carboxylic acids is 2. The van der Waals surface area contributed by atoms with Crippen LogP contribution in [-0.4, -0.2) is 33.4 Å². The van der Waals surface area contributed by atoms with Gasteiger partial charge in [0.2, 0.25) is 12.7 Å². The van der Waals surface area contributed by atoms with Crippen molar-refractivity contribution in [1.29, 1.82) is 0 Å². The molecule has 1 aliphatic rings. The van der Waals surface area contributed by atoms with E-state index in [1.165, 1.54) is 22.2 Å². The number of fused-ring (bicyclic) bond motifs is 1. The highest BCUT2D eigenvalue weighted by Gasteiger charge is 2.17. The van der Waals surface area contributed by atoms with E-state index in [0.29, 0.717) is 29.3 Å². The Kier molecular flexibility index (Phi) is 5.73. The van der Waals surface area contributed by atoms with E-state index < -0.39 is 0 Å². The highest BCUT2D eigenvalue weighted by molar-refractivity contribution is 7.10. The van der Waals surface area contributed by atoms with Crippen LogP contribution in [0.3, 0.4) is 0 Å². The minimum absolute atomic E-state index is 0.0272. The Balaban J connectivity index is 1.16. The van der Waals surface area contributed by atoms with Gasteiger partial charge < -0.3 is 20.1 Å². The molecule has 0 aliphatic carbocycles. The maximum absolute atomic E-state index is 12.5. The molecular formula is C23H19N5O4S. The Morgan fingerprint density at radius 3 is 2.82 bits per heavy atom. The van der Waals surface area contributed by atoms with Crippen LogP contribution in [0.25, 0.3) is 11.3 Å². The van der Waals surface area contributed by atoms with Gasteiger partial charge in [-0.15, -0.1) is 11.3 Å². The molecular weight excluding hydrogens is 442 g/mol. The fourth-order valence-electron chi connectivity index (χ4n) is 3.36. The average Bonchev–Trinajstić information content (AvgIpc) is 3.59. The number of rotatable bonds is 7. The molecule has 0 spiro atoms. The molecule has 10 heteroatoms. The number of hydrogen-bond acceptors (Lipinski definition) is 7. The fourth-order valence-corrected chi connectivity index (χ4v) is 4.09. The molecule has 0 radical (unpaired) electrons. The van der Waals surface area contributed by atoms with E-state index >= 15 is 0 Å². The van der Waals surface area contributed by atoms with E-state index in [4.69, 9.17) is 9.47 Å². The molecule has 3 heterocycles. The lowest BCUT2D eigenvalue weighted by Gasteiger charge is -2.06. The Morgan fingerprint density at radius 1 is 1.09 bits per heavy atom. The van der Waals surface area contributed by atoms with Crippen molar-refractivity contribution in [2.24, 2.45) is 0 Å². The third-order valence-electron chi connectivity index (χ3n) is 4.97. The Morgan fingerprint density at radius 2 is 1.94 bits per heavy atom. The predicted octanol–water partition coefficient (Wildman–Crippen LogP) is 3.30. The second-order valence-corrected chi connectivity index (χ2v) is 8.15. The maximum atomic E-state index is 12.5. The van der Waals surface area contributed by atoms with Crippen LogP contribution in [0.15, 0.2) is 66.4 Å². The second kappa shape index (κ2) is 9.13. The number of aromatic nitrogens is 3. The maximum Gasteiger partial charge on any atom is 0.255 e. The summed E-state index contributed by atoms with van der Waals surface area (Å²) in [5.41, 5.74) is 4.57. The molecule has 0 unspecified atom stereocenters. The van der Waals surface area contributed by atoms with Crippen molar-refractivity contribution in [3.05, 3.63) is 76.9 Å². The van der Waals surface area contributed by atoms with Crippen LogP contribution in [-0.2, 0) is 17.9 Å². The first-order valence-electron chi connectivity index (χ1n) is 10.1. The largest absolute Gasteiger partial charge is 0.454 e. The van der Waals surface area contributed by atoms with Gasteiger partial charge in [-0.3, -0.25) is 14.3 Å². The molecule has 2 amide bonds. The van der Waals surface area contributed by atoms with E-state index in [2.05, 4.69) is 20.7 Å². The van der Waals surface area contributed by atoms with Crippen LogP contribution in [0.2, 0.25) is 0 Å². The number of ether oxygens (including phenoxy) is 2. The molecule has 0 saturated heterocycles. The van der Waals surface area contributed by atoms with Crippen molar-refractivity contribution in [2.45, 2.75) is 13.1 Å². The summed E-state index contributed by atoms with van der Waals surface area (Å²) in [6.07, 6.45) is 3.10. The fraction of sp³-hybridized carbons (Fsp3) is 0.130. The van der Waals surface area contributed by atoms with Gasteiger partial charge in [0.1, 0.15) is 6.54 Å². The smallest absolute Gasteiger partial charge is 0.255 e. The number of carbonyl (C=O) groups is 2. The Bertz CT molecular complexity index is 1300. The average molecular weight is 462 g/mol. The normalized spacial score (nSPS) is 11.9. The van der Waals surface area contributed by atoms with Crippen molar-refractivity contribution < 1.29 is 19.1 Å². The number of anilines is 1. The lowest BCUT2D eigenvalue weighted by atomic mass is 10.1. The van der Waals surface area contributed by atoms with E-state index in [-0.39, 0.29) is 25.2 Å². The van der Waals surface area contributed by atoms with Gasteiger partial charge in [0.05, 0.1) is 34.5 Å². The third-order valence-corrected chi connectivity index (χ3v) is 5.80. The summed E-state index contributed by atoms with van der Waals surface area (Å²) in [7, 11) is 0. The Labute approximate surface area is 193 Å². The van der Waals surface area contributed by atoms with Gasteiger partial charge in [0, 0.05) is 17.3 Å². The standard InChI is InChI=1S/C23H19N5O4S/c29-21(24-10-20-22(25-13-33-20)15-4-2-1-3-5-15)12-28-11-17(9-26-28)27-23(30)16-6-7-18-19(8-16)32-14-31-18/h1-9,11,13H,10,12,14H2,(H,24,29)(H,27,30). The number of amides is 2. The summed E-state index contributed by atoms with van der Waals surface area (Å²) in [6.45, 7) is 0.549. The number of hydrogen-bond donors (Lipinski definition) is 2. The van der Waals surface area contributed by atoms with E-state index in [1.807, 2.05) is 30.3 Å². The zero-order chi connectivity index (χ0) is 22.6. The monoisotopic (exact) mass is 461 g/mol. The third kappa shape index (κ3) is 4.70. The van der Waals surface area contributed by atoms with E-state index in [9.17, 15) is 9.59 Å². The zero-order valence-corrected chi connectivity index (χ0v) is 18.2. The van der Waals surface area contributed by atoms with Gasteiger partial charge in [-0.1, -0.05) is 30.3 Å². The SMILES string of the molecule is O=C(Cn1cc(NC(=O)c2ccc3c(c2)OCO3)cn1)NCc1scnc1-c1ccccc1. The Hall–Kier alpha value is -4.18. The van der Waals surface area contributed by atoms with Gasteiger partial charge >= 0.3 is 0 Å². The van der Waals surface area contributed by atoms with E-state index in [1.54, 1.807) is 29.9 Å². The van der Waals surface area contributed by atoms with Gasteiger partial charge in [-0.05, 0) is 18.2 Å². The first-order chi connectivity index (χ1) is 16.2. The van der Waals surface area contributed by atoms with Crippen molar-refractivity contribution in [3.63, 3.8) is 0 Å². The van der Waals surface area contributed by atoms with Crippen molar-refractivity contribution in [3.8, 4) is 22.8 Å². The van der Waals surface area contributed by atoms with Crippen LogP contribution in [0.5, 0.6) is 11.5 Å². The number of nitrogens with one attached hydrogen (secondary N) is 2. The summed E-state index contributed by atoms with van der Waals surface area (Å²) in [5.74, 6) is 0.640. The second-order valence-electron chi connectivity index (χ2n) is 7.22. The predicted molar refractivity (Wildman–Crippen MR) is 122 cm³/mol. The summed E-state index contributed by atoms with van der Waals surface area (Å²) < 4.78 is 12.0. The highest BCUT2D eigenvalue weighted by Crippen LogP contribution is 2.32. The topological polar surface area (TPSA) is 107 Å². The first kappa shape index (κ1) is 20.7. The minimum atomic E-state index is -0.309. The highest BCUT2D eigenvalue weighted by atomic mass is 32.1. The quantitative estimate of drug-likeness (QED) is 0.437. The van der Waals surface area contributed by atoms with Crippen LogP contribution < -0.4 is 20.1 Å². The van der Waals surface area contributed by atoms with Crippen molar-refractivity contribution >= 4 is 28.8 Å². The molecule has 33 heavy (non-hydrogen) atoms. The molecule has 166 valence electrons. The molecule has 0 atom stereocenters. The molecule has 0 saturated carbocycles. The zero-order valence-electron chi connectivity index (χ0n) is 17.4. The van der Waals surface area contributed by atoms with Crippen molar-refractivity contribution in [2.75, 3.05) is 12.1 Å². The van der Waals surface area contributed by atoms with Gasteiger partial charge in [-0.25, -0.2) is 4.98 Å². The molecule has 9 nitrogen and oxygen atoms in total. The number of benzene rings is 2. The molecule has 1 aliphatic heterocycles. The molecule has 2 N–H and O–H groups in total. The van der Waals surface area contributed by atoms with Crippen LogP contribution in [0, 0.1) is 0 Å². The van der Waals surface area contributed by atoms with Crippen LogP contribution in [0.4, 0.5) is 5.69 Å². The summed E-state index contributed by atoms with van der Waals surface area (Å²) >= 11 is 1.50.